The van der Waals surface area contributed by atoms with Gasteiger partial charge in [-0.1, -0.05) is 37.6 Å². The molecule has 0 unspecified atom stereocenters. The Balaban J connectivity index is 2.72. The highest BCUT2D eigenvalue weighted by atomic mass is 35.5. The molecule has 0 saturated heterocycles. The smallest absolute Gasteiger partial charge is 0.328 e. The maximum absolute atomic E-state index is 14.1. The molecule has 0 aliphatic carbocycles. The van der Waals surface area contributed by atoms with Gasteiger partial charge in [0.15, 0.2) is 0 Å². The molecule has 1 aromatic heterocycles. The Morgan fingerprint density at radius 1 is 1.50 bits per heavy atom. The topological polar surface area (TPSA) is 42.2 Å². The first-order chi connectivity index (χ1) is 9.41. The highest BCUT2D eigenvalue weighted by Gasteiger charge is 2.17. The zero-order valence-corrected chi connectivity index (χ0v) is 12.0. The van der Waals surface area contributed by atoms with Gasteiger partial charge in [-0.15, -0.1) is 0 Å². The number of benzene rings is 1. The van der Waals surface area contributed by atoms with Crippen LogP contribution in [-0.4, -0.2) is 15.6 Å². The molecule has 1 N–H and O–H groups in total. The van der Waals surface area contributed by atoms with E-state index in [-0.39, 0.29) is 5.82 Å². The van der Waals surface area contributed by atoms with Crippen LogP contribution in [0.1, 0.15) is 19.4 Å². The molecule has 0 atom stereocenters. The first-order valence-corrected chi connectivity index (χ1v) is 6.66. The Morgan fingerprint density at radius 2 is 2.20 bits per heavy atom. The molecule has 0 fully saturated rings. The Labute approximate surface area is 121 Å². The molecule has 1 heterocycles. The second-order valence-electron chi connectivity index (χ2n) is 5.02. The van der Waals surface area contributed by atoms with Gasteiger partial charge >= 0.3 is 5.97 Å². The van der Waals surface area contributed by atoms with E-state index >= 15 is 0 Å². The van der Waals surface area contributed by atoms with Crippen molar-refractivity contribution in [3.05, 3.63) is 40.8 Å². The van der Waals surface area contributed by atoms with Crippen molar-refractivity contribution in [2.45, 2.75) is 20.4 Å². The van der Waals surface area contributed by atoms with Crippen LogP contribution in [0.5, 0.6) is 0 Å². The van der Waals surface area contributed by atoms with E-state index in [0.717, 1.165) is 6.08 Å². The zero-order valence-electron chi connectivity index (χ0n) is 11.2. The van der Waals surface area contributed by atoms with E-state index in [4.69, 9.17) is 16.7 Å². The van der Waals surface area contributed by atoms with Gasteiger partial charge in [0.05, 0.1) is 5.52 Å². The Hall–Kier alpha value is -1.81. The number of para-hydroxylation sites is 1. The van der Waals surface area contributed by atoms with Gasteiger partial charge in [0.25, 0.3) is 0 Å². The van der Waals surface area contributed by atoms with Gasteiger partial charge in [0.2, 0.25) is 0 Å². The molecule has 0 aliphatic heterocycles. The first-order valence-electron chi connectivity index (χ1n) is 6.29. The lowest BCUT2D eigenvalue weighted by molar-refractivity contribution is -0.131. The quantitative estimate of drug-likeness (QED) is 0.860. The van der Waals surface area contributed by atoms with Crippen LogP contribution in [0.4, 0.5) is 4.39 Å². The molecule has 0 aliphatic rings. The average molecular weight is 296 g/mol. The van der Waals surface area contributed by atoms with E-state index < -0.39 is 5.97 Å². The molecule has 2 aromatic rings. The van der Waals surface area contributed by atoms with E-state index in [2.05, 4.69) is 0 Å². The van der Waals surface area contributed by atoms with Crippen molar-refractivity contribution in [1.82, 2.24) is 4.57 Å². The van der Waals surface area contributed by atoms with E-state index in [1.165, 1.54) is 12.1 Å². The molecule has 20 heavy (non-hydrogen) atoms. The van der Waals surface area contributed by atoms with Crippen LogP contribution in [0.2, 0.25) is 5.15 Å². The molecule has 1 aromatic carbocycles. The lowest BCUT2D eigenvalue weighted by Gasteiger charge is -2.10. The van der Waals surface area contributed by atoms with Crippen LogP contribution in [0, 0.1) is 11.7 Å². The van der Waals surface area contributed by atoms with Crippen molar-refractivity contribution in [3.63, 3.8) is 0 Å². The van der Waals surface area contributed by atoms with Crippen molar-refractivity contribution < 1.29 is 14.3 Å². The number of fused-ring (bicyclic) bond motifs is 1. The number of aromatic nitrogens is 1. The van der Waals surface area contributed by atoms with Gasteiger partial charge in [-0.2, -0.15) is 0 Å². The molecule has 0 amide bonds. The predicted octanol–water partition coefficient (Wildman–Crippen LogP) is 4.19. The van der Waals surface area contributed by atoms with E-state index in [9.17, 15) is 9.18 Å². The van der Waals surface area contributed by atoms with Crippen molar-refractivity contribution in [2.24, 2.45) is 5.92 Å². The summed E-state index contributed by atoms with van der Waals surface area (Å²) in [6.45, 7) is 4.59. The molecular weight excluding hydrogens is 281 g/mol. The van der Waals surface area contributed by atoms with Gasteiger partial charge in [0.1, 0.15) is 11.0 Å². The van der Waals surface area contributed by atoms with Gasteiger partial charge in [-0.3, -0.25) is 0 Å². The minimum atomic E-state index is -1.07. The van der Waals surface area contributed by atoms with Crippen molar-refractivity contribution in [1.29, 1.82) is 0 Å². The maximum atomic E-state index is 14.1. The lowest BCUT2D eigenvalue weighted by Crippen LogP contribution is -2.05. The molecule has 5 heteroatoms. The third-order valence-corrected chi connectivity index (χ3v) is 3.35. The van der Waals surface area contributed by atoms with Gasteiger partial charge < -0.3 is 9.67 Å². The first kappa shape index (κ1) is 14.6. The number of halogens is 2. The van der Waals surface area contributed by atoms with Crippen molar-refractivity contribution in [2.75, 3.05) is 0 Å². The summed E-state index contributed by atoms with van der Waals surface area (Å²) in [6.07, 6.45) is 2.41. The predicted molar refractivity (Wildman–Crippen MR) is 78.4 cm³/mol. The summed E-state index contributed by atoms with van der Waals surface area (Å²) in [5.74, 6) is -1.14. The van der Waals surface area contributed by atoms with Crippen LogP contribution < -0.4 is 0 Å². The number of carboxylic acid groups (broad SMARTS) is 1. The number of hydrogen-bond donors (Lipinski definition) is 1. The number of rotatable bonds is 4. The monoisotopic (exact) mass is 295 g/mol. The highest BCUT2D eigenvalue weighted by molar-refractivity contribution is 6.33. The summed E-state index contributed by atoms with van der Waals surface area (Å²) in [6, 6.07) is 4.70. The summed E-state index contributed by atoms with van der Waals surface area (Å²) in [4.78, 5) is 10.7. The summed E-state index contributed by atoms with van der Waals surface area (Å²) >= 11 is 6.30. The number of nitrogens with zero attached hydrogens (tertiary/aromatic N) is 1. The Bertz CT molecular complexity index is 689. The lowest BCUT2D eigenvalue weighted by atomic mass is 10.1. The number of hydrogen-bond acceptors (Lipinski definition) is 1. The summed E-state index contributed by atoms with van der Waals surface area (Å²) in [5.41, 5.74) is 0.945. The number of carboxylic acids is 1. The second kappa shape index (κ2) is 5.67. The van der Waals surface area contributed by atoms with E-state index in [1.807, 2.05) is 13.8 Å². The molecule has 0 radical (unpaired) electrons. The SMILES string of the molecule is CC(C)Cn1c(Cl)c(/C=C/C(=O)O)c2cccc(F)c21. The highest BCUT2D eigenvalue weighted by Crippen LogP contribution is 2.33. The van der Waals surface area contributed by atoms with Crippen molar-refractivity contribution >= 4 is 34.5 Å². The molecule has 3 nitrogen and oxygen atoms in total. The molecule has 0 saturated carbocycles. The zero-order chi connectivity index (χ0) is 14.9. The van der Waals surface area contributed by atoms with Crippen molar-refractivity contribution in [3.8, 4) is 0 Å². The summed E-state index contributed by atoms with van der Waals surface area (Å²) < 4.78 is 15.8. The van der Waals surface area contributed by atoms with Gasteiger partial charge in [0, 0.05) is 23.6 Å². The minimum Gasteiger partial charge on any atom is -0.478 e. The van der Waals surface area contributed by atoms with E-state index in [1.54, 1.807) is 16.7 Å². The van der Waals surface area contributed by atoms with Crippen LogP contribution in [-0.2, 0) is 11.3 Å². The van der Waals surface area contributed by atoms with Gasteiger partial charge in [-0.05, 0) is 18.1 Å². The summed E-state index contributed by atoms with van der Waals surface area (Å²) in [5, 5.41) is 9.71. The molecule has 2 rings (SSSR count). The molecule has 0 spiro atoms. The number of aliphatic carboxylic acids is 1. The maximum Gasteiger partial charge on any atom is 0.328 e. The van der Waals surface area contributed by atoms with E-state index in [0.29, 0.717) is 34.1 Å². The molecule has 0 bridgehead atoms. The fraction of sp³-hybridized carbons (Fsp3) is 0.267. The average Bonchev–Trinajstić information content (AvgIpc) is 2.61. The third-order valence-electron chi connectivity index (χ3n) is 2.95. The van der Waals surface area contributed by atoms with Crippen LogP contribution >= 0.6 is 11.6 Å². The Morgan fingerprint density at radius 3 is 2.80 bits per heavy atom. The molecule has 106 valence electrons. The normalized spacial score (nSPS) is 11.8. The van der Waals surface area contributed by atoms with Crippen LogP contribution in [0.25, 0.3) is 17.0 Å². The third kappa shape index (κ3) is 2.70. The fourth-order valence-electron chi connectivity index (χ4n) is 2.21. The largest absolute Gasteiger partial charge is 0.478 e. The van der Waals surface area contributed by atoms with Crippen LogP contribution in [0.3, 0.4) is 0 Å². The molecular formula is C15H15ClFNO2. The summed E-state index contributed by atoms with van der Waals surface area (Å²) in [7, 11) is 0. The standard InChI is InChI=1S/C15H15ClFNO2/c1-9(2)8-18-14-10(4-3-5-12(14)17)11(15(18)16)6-7-13(19)20/h3-7,9H,8H2,1-2H3,(H,19,20)/b7-6+. The number of carbonyl (C=O) groups is 1. The van der Waals surface area contributed by atoms with Crippen LogP contribution in [0.15, 0.2) is 24.3 Å². The minimum absolute atomic E-state index is 0.291. The van der Waals surface area contributed by atoms with Gasteiger partial charge in [-0.25, -0.2) is 9.18 Å². The fourth-order valence-corrected chi connectivity index (χ4v) is 2.53. The second-order valence-corrected chi connectivity index (χ2v) is 5.37. The Kier molecular flexibility index (Phi) is 4.14.